The first-order chi connectivity index (χ1) is 6.12. The van der Waals surface area contributed by atoms with Crippen molar-refractivity contribution in [1.82, 2.24) is 0 Å². The van der Waals surface area contributed by atoms with Gasteiger partial charge in [-0.25, -0.2) is 0 Å². The van der Waals surface area contributed by atoms with Gasteiger partial charge in [0.1, 0.15) is 0 Å². The lowest BCUT2D eigenvalue weighted by atomic mass is 9.72. The second-order valence-electron chi connectivity index (χ2n) is 4.63. The van der Waals surface area contributed by atoms with Crippen LogP contribution in [-0.2, 0) is 0 Å². The molecule has 0 radical (unpaired) electrons. The molecule has 0 saturated heterocycles. The van der Waals surface area contributed by atoms with Crippen LogP contribution in [0.3, 0.4) is 0 Å². The maximum Gasteiger partial charge on any atom is 0.0794 e. The molecule has 1 saturated carbocycles. The van der Waals surface area contributed by atoms with Crippen molar-refractivity contribution in [2.24, 2.45) is 17.6 Å². The summed E-state index contributed by atoms with van der Waals surface area (Å²) in [6, 6.07) is 0. The van der Waals surface area contributed by atoms with Gasteiger partial charge in [0, 0.05) is 6.54 Å². The van der Waals surface area contributed by atoms with E-state index in [2.05, 4.69) is 6.92 Å². The van der Waals surface area contributed by atoms with E-state index in [9.17, 15) is 5.11 Å². The van der Waals surface area contributed by atoms with Crippen molar-refractivity contribution < 1.29 is 5.11 Å². The fraction of sp³-hybridized carbons (Fsp3) is 1.00. The van der Waals surface area contributed by atoms with Crippen LogP contribution in [0.5, 0.6) is 0 Å². The summed E-state index contributed by atoms with van der Waals surface area (Å²) >= 11 is 0. The molecule has 2 heteroatoms. The molecule has 13 heavy (non-hydrogen) atoms. The van der Waals surface area contributed by atoms with E-state index in [0.717, 1.165) is 25.2 Å². The lowest BCUT2D eigenvalue weighted by Crippen LogP contribution is -2.46. The topological polar surface area (TPSA) is 46.2 Å². The van der Waals surface area contributed by atoms with Gasteiger partial charge in [0.15, 0.2) is 0 Å². The quantitative estimate of drug-likeness (QED) is 0.705. The first kappa shape index (κ1) is 11.0. The Labute approximate surface area is 81.5 Å². The Morgan fingerprint density at radius 1 is 1.46 bits per heavy atom. The van der Waals surface area contributed by atoms with Gasteiger partial charge in [-0.2, -0.15) is 0 Å². The highest BCUT2D eigenvalue weighted by atomic mass is 16.3. The van der Waals surface area contributed by atoms with Crippen LogP contribution in [0.4, 0.5) is 0 Å². The van der Waals surface area contributed by atoms with Crippen LogP contribution < -0.4 is 5.73 Å². The van der Waals surface area contributed by atoms with Crippen molar-refractivity contribution in [3.05, 3.63) is 0 Å². The number of nitrogens with two attached hydrogens (primary N) is 1. The van der Waals surface area contributed by atoms with E-state index in [4.69, 9.17) is 5.73 Å². The van der Waals surface area contributed by atoms with Crippen molar-refractivity contribution in [3.8, 4) is 0 Å². The van der Waals surface area contributed by atoms with Gasteiger partial charge in [0.25, 0.3) is 0 Å². The summed E-state index contributed by atoms with van der Waals surface area (Å²) in [7, 11) is 0. The van der Waals surface area contributed by atoms with Crippen LogP contribution in [0.2, 0.25) is 0 Å². The molecule has 0 aromatic carbocycles. The highest BCUT2D eigenvalue weighted by Gasteiger charge is 2.35. The zero-order valence-corrected chi connectivity index (χ0v) is 8.92. The Balaban J connectivity index is 2.57. The highest BCUT2D eigenvalue weighted by molar-refractivity contribution is 4.89. The van der Waals surface area contributed by atoms with E-state index >= 15 is 0 Å². The number of hydrogen-bond acceptors (Lipinski definition) is 2. The third-order valence-electron chi connectivity index (χ3n) is 3.66. The van der Waals surface area contributed by atoms with E-state index in [1.807, 2.05) is 6.92 Å². The third kappa shape index (κ3) is 2.44. The smallest absolute Gasteiger partial charge is 0.0794 e. The maximum atomic E-state index is 10.2. The molecule has 0 amide bonds. The van der Waals surface area contributed by atoms with E-state index < -0.39 is 5.60 Å². The molecule has 0 aliphatic heterocycles. The van der Waals surface area contributed by atoms with Gasteiger partial charge in [-0.3, -0.25) is 0 Å². The molecular formula is C11H23NO. The normalized spacial score (nSPS) is 34.2. The van der Waals surface area contributed by atoms with Crippen molar-refractivity contribution in [1.29, 1.82) is 0 Å². The van der Waals surface area contributed by atoms with Gasteiger partial charge in [-0.1, -0.05) is 26.7 Å². The standard InChI is InChI=1S/C11H23NO/c1-3-11(13,8-12)10-6-4-5-9(2)7-10/h9-10,13H,3-8,12H2,1-2H3. The predicted molar refractivity (Wildman–Crippen MR) is 55.4 cm³/mol. The van der Waals surface area contributed by atoms with Crippen LogP contribution in [0.25, 0.3) is 0 Å². The van der Waals surface area contributed by atoms with Gasteiger partial charge >= 0.3 is 0 Å². The summed E-state index contributed by atoms with van der Waals surface area (Å²) < 4.78 is 0. The molecule has 0 heterocycles. The SMILES string of the molecule is CCC(O)(CN)C1CCCC(C)C1. The van der Waals surface area contributed by atoms with Gasteiger partial charge in [0.2, 0.25) is 0 Å². The van der Waals surface area contributed by atoms with Gasteiger partial charge in [-0.05, 0) is 31.1 Å². The lowest BCUT2D eigenvalue weighted by Gasteiger charge is -2.39. The molecule has 0 aromatic rings. The Morgan fingerprint density at radius 3 is 2.62 bits per heavy atom. The molecule has 0 spiro atoms. The fourth-order valence-electron chi connectivity index (χ4n) is 2.52. The second-order valence-corrected chi connectivity index (χ2v) is 4.63. The van der Waals surface area contributed by atoms with Crippen molar-refractivity contribution in [3.63, 3.8) is 0 Å². The molecule has 3 unspecified atom stereocenters. The molecule has 3 atom stereocenters. The van der Waals surface area contributed by atoms with E-state index in [1.54, 1.807) is 0 Å². The zero-order chi connectivity index (χ0) is 9.90. The Morgan fingerprint density at radius 2 is 2.15 bits per heavy atom. The van der Waals surface area contributed by atoms with Crippen LogP contribution in [-0.4, -0.2) is 17.3 Å². The predicted octanol–water partition coefficient (Wildman–Crippen LogP) is 1.91. The minimum atomic E-state index is -0.589. The monoisotopic (exact) mass is 185 g/mol. The average Bonchev–Trinajstić information content (AvgIpc) is 2.17. The van der Waals surface area contributed by atoms with Crippen LogP contribution in [0, 0.1) is 11.8 Å². The lowest BCUT2D eigenvalue weighted by molar-refractivity contribution is -0.0354. The molecule has 1 rings (SSSR count). The Bertz CT molecular complexity index is 154. The molecular weight excluding hydrogens is 162 g/mol. The third-order valence-corrected chi connectivity index (χ3v) is 3.66. The first-order valence-electron chi connectivity index (χ1n) is 5.55. The summed E-state index contributed by atoms with van der Waals surface area (Å²) in [5.74, 6) is 1.20. The molecule has 78 valence electrons. The molecule has 0 aromatic heterocycles. The number of aliphatic hydroxyl groups is 1. The molecule has 1 fully saturated rings. The molecule has 1 aliphatic carbocycles. The molecule has 2 nitrogen and oxygen atoms in total. The second kappa shape index (κ2) is 4.43. The summed E-state index contributed by atoms with van der Waals surface area (Å²) in [5.41, 5.74) is 5.06. The summed E-state index contributed by atoms with van der Waals surface area (Å²) in [4.78, 5) is 0. The molecule has 3 N–H and O–H groups in total. The Kier molecular flexibility index (Phi) is 3.74. The van der Waals surface area contributed by atoms with Gasteiger partial charge < -0.3 is 10.8 Å². The highest BCUT2D eigenvalue weighted by Crippen LogP contribution is 2.36. The van der Waals surface area contributed by atoms with Crippen molar-refractivity contribution in [2.75, 3.05) is 6.54 Å². The maximum absolute atomic E-state index is 10.2. The van der Waals surface area contributed by atoms with Gasteiger partial charge in [0.05, 0.1) is 5.60 Å². The molecule has 1 aliphatic rings. The van der Waals surface area contributed by atoms with E-state index in [1.165, 1.54) is 12.8 Å². The minimum Gasteiger partial charge on any atom is -0.388 e. The first-order valence-corrected chi connectivity index (χ1v) is 5.55. The van der Waals surface area contributed by atoms with E-state index in [-0.39, 0.29) is 0 Å². The van der Waals surface area contributed by atoms with Crippen LogP contribution in [0.15, 0.2) is 0 Å². The average molecular weight is 185 g/mol. The number of hydrogen-bond donors (Lipinski definition) is 2. The number of rotatable bonds is 3. The fourth-order valence-corrected chi connectivity index (χ4v) is 2.52. The van der Waals surface area contributed by atoms with Gasteiger partial charge in [-0.15, -0.1) is 0 Å². The van der Waals surface area contributed by atoms with Crippen LogP contribution in [0.1, 0.15) is 46.0 Å². The molecule has 0 bridgehead atoms. The zero-order valence-electron chi connectivity index (χ0n) is 8.92. The largest absolute Gasteiger partial charge is 0.388 e. The van der Waals surface area contributed by atoms with Crippen LogP contribution >= 0.6 is 0 Å². The summed E-state index contributed by atoms with van der Waals surface area (Å²) in [5, 5.41) is 10.2. The van der Waals surface area contributed by atoms with E-state index in [0.29, 0.717) is 12.5 Å². The summed E-state index contributed by atoms with van der Waals surface area (Å²) in [6.45, 7) is 4.73. The van der Waals surface area contributed by atoms with Crippen molar-refractivity contribution >= 4 is 0 Å². The Hall–Kier alpha value is -0.0800. The minimum absolute atomic E-state index is 0.418. The summed E-state index contributed by atoms with van der Waals surface area (Å²) in [6.07, 6.45) is 5.68. The van der Waals surface area contributed by atoms with Crippen molar-refractivity contribution in [2.45, 2.75) is 51.6 Å².